The van der Waals surface area contributed by atoms with Gasteiger partial charge in [-0.05, 0) is 42.8 Å². The van der Waals surface area contributed by atoms with E-state index in [4.69, 9.17) is 4.74 Å². The number of nitrogens with one attached hydrogen (secondary N) is 1. The molecule has 0 radical (unpaired) electrons. The average Bonchev–Trinajstić information content (AvgIpc) is 3.38. The summed E-state index contributed by atoms with van der Waals surface area (Å²) in [7, 11) is 0. The largest absolute Gasteiger partial charge is 0.454 e. The van der Waals surface area contributed by atoms with Gasteiger partial charge in [-0.2, -0.15) is 0 Å². The predicted molar refractivity (Wildman–Crippen MR) is 106 cm³/mol. The molecule has 0 spiro atoms. The molecule has 1 atom stereocenters. The van der Waals surface area contributed by atoms with Crippen LogP contribution in [0.4, 0.5) is 11.4 Å². The van der Waals surface area contributed by atoms with Gasteiger partial charge in [0.2, 0.25) is 0 Å². The van der Waals surface area contributed by atoms with Gasteiger partial charge in [-0.3, -0.25) is 19.7 Å². The first kappa shape index (κ1) is 20.5. The first-order valence-electron chi connectivity index (χ1n) is 8.93. The number of benzene rings is 1. The van der Waals surface area contributed by atoms with E-state index >= 15 is 0 Å². The van der Waals surface area contributed by atoms with Crippen LogP contribution in [0, 0.1) is 17.0 Å². The fourth-order valence-corrected chi connectivity index (χ4v) is 3.79. The van der Waals surface area contributed by atoms with Gasteiger partial charge < -0.3 is 15.0 Å². The Morgan fingerprint density at radius 1 is 1.34 bits per heavy atom. The second-order valence-corrected chi connectivity index (χ2v) is 7.52. The molecule has 1 aromatic carbocycles. The topological polar surface area (TPSA) is 119 Å². The summed E-state index contributed by atoms with van der Waals surface area (Å²) in [6.07, 6.45) is 1.12. The molecule has 0 saturated carbocycles. The molecular formula is C19H19N3O6S. The Bertz CT molecular complexity index is 943. The number of carbonyl (C=O) groups excluding carboxylic acids is 3. The summed E-state index contributed by atoms with van der Waals surface area (Å²) in [5, 5.41) is 15.3. The van der Waals surface area contributed by atoms with Crippen LogP contribution in [0.15, 0.2) is 35.7 Å². The van der Waals surface area contributed by atoms with Crippen LogP contribution in [0.2, 0.25) is 0 Å². The van der Waals surface area contributed by atoms with Gasteiger partial charge >= 0.3 is 5.97 Å². The van der Waals surface area contributed by atoms with Crippen molar-refractivity contribution >= 4 is 40.5 Å². The number of anilines is 1. The van der Waals surface area contributed by atoms with Gasteiger partial charge in [0.15, 0.2) is 6.61 Å². The van der Waals surface area contributed by atoms with Crippen LogP contribution < -0.4 is 5.32 Å². The zero-order chi connectivity index (χ0) is 21.0. The number of esters is 1. The van der Waals surface area contributed by atoms with E-state index in [9.17, 15) is 24.5 Å². The Kier molecular flexibility index (Phi) is 6.23. The lowest BCUT2D eigenvalue weighted by Gasteiger charge is -2.22. The first-order chi connectivity index (χ1) is 13.9. The molecule has 1 fully saturated rings. The third-order valence-electron chi connectivity index (χ3n) is 4.49. The molecule has 3 rings (SSSR count). The maximum Gasteiger partial charge on any atom is 0.329 e. The number of thiophene rings is 1. The second-order valence-electron chi connectivity index (χ2n) is 6.57. The van der Waals surface area contributed by atoms with Gasteiger partial charge in [-0.25, -0.2) is 4.79 Å². The number of hydrogen-bond acceptors (Lipinski definition) is 7. The molecule has 1 aliphatic heterocycles. The van der Waals surface area contributed by atoms with Crippen molar-refractivity contribution in [1.29, 1.82) is 0 Å². The molecular weight excluding hydrogens is 398 g/mol. The number of ether oxygens (including phenoxy) is 1. The minimum absolute atomic E-state index is 0.0250. The summed E-state index contributed by atoms with van der Waals surface area (Å²) in [5.41, 5.74) is 0.461. The van der Waals surface area contributed by atoms with Crippen LogP contribution in [0.5, 0.6) is 0 Å². The molecule has 0 aliphatic carbocycles. The fourth-order valence-electron chi connectivity index (χ4n) is 3.11. The van der Waals surface area contributed by atoms with Gasteiger partial charge in [0.05, 0.1) is 9.80 Å². The maximum atomic E-state index is 12.5. The van der Waals surface area contributed by atoms with E-state index in [1.165, 1.54) is 28.4 Å². The normalized spacial score (nSPS) is 15.8. The first-order valence-corrected chi connectivity index (χ1v) is 9.81. The van der Waals surface area contributed by atoms with Gasteiger partial charge in [-0.1, -0.05) is 12.1 Å². The number of nitrogens with zero attached hydrogens (tertiary/aromatic N) is 2. The number of carbonyl (C=O) groups is 3. The average molecular weight is 417 g/mol. The SMILES string of the molecule is Cc1ccc(NC(=O)COC(=O)C2CCCN2C(=O)c2cccs2)c([N+](=O)[O-])c1. The maximum absolute atomic E-state index is 12.5. The number of nitro groups is 1. The number of likely N-dealkylation sites (tertiary alicyclic amines) is 1. The Labute approximate surface area is 170 Å². The molecule has 1 aromatic heterocycles. The summed E-state index contributed by atoms with van der Waals surface area (Å²) >= 11 is 1.29. The van der Waals surface area contributed by atoms with Gasteiger partial charge in [0.25, 0.3) is 17.5 Å². The molecule has 10 heteroatoms. The van der Waals surface area contributed by atoms with E-state index < -0.39 is 29.4 Å². The van der Waals surface area contributed by atoms with Gasteiger partial charge in [-0.15, -0.1) is 11.3 Å². The lowest BCUT2D eigenvalue weighted by Crippen LogP contribution is -2.41. The van der Waals surface area contributed by atoms with Crippen molar-refractivity contribution in [1.82, 2.24) is 4.90 Å². The Morgan fingerprint density at radius 2 is 2.14 bits per heavy atom. The van der Waals surface area contributed by atoms with Crippen molar-refractivity contribution in [2.24, 2.45) is 0 Å². The summed E-state index contributed by atoms with van der Waals surface area (Å²) < 4.78 is 5.07. The summed E-state index contributed by atoms with van der Waals surface area (Å²) in [6.45, 7) is 1.55. The standard InChI is InChI=1S/C19H19N3O6S/c1-12-6-7-13(15(10-12)22(26)27)20-17(23)11-28-19(25)14-4-2-8-21(14)18(24)16-5-3-9-29-16/h3,5-7,9-10,14H,2,4,8,11H2,1H3,(H,20,23). The van der Waals surface area contributed by atoms with Crippen LogP contribution in [-0.2, 0) is 14.3 Å². The molecule has 2 amide bonds. The molecule has 29 heavy (non-hydrogen) atoms. The zero-order valence-corrected chi connectivity index (χ0v) is 16.4. The van der Waals surface area contributed by atoms with Crippen molar-refractivity contribution in [2.75, 3.05) is 18.5 Å². The molecule has 0 bridgehead atoms. The van der Waals surface area contributed by atoms with Gasteiger partial charge in [0.1, 0.15) is 11.7 Å². The minimum Gasteiger partial charge on any atom is -0.454 e. The number of aryl methyl sites for hydroxylation is 1. The summed E-state index contributed by atoms with van der Waals surface area (Å²) in [6, 6.07) is 7.10. The highest BCUT2D eigenvalue weighted by molar-refractivity contribution is 7.12. The van der Waals surface area contributed by atoms with Crippen molar-refractivity contribution in [3.05, 3.63) is 56.3 Å². The minimum atomic E-state index is -0.744. The number of hydrogen-bond donors (Lipinski definition) is 1. The van der Waals surface area contributed by atoms with E-state index in [0.29, 0.717) is 29.8 Å². The predicted octanol–water partition coefficient (Wildman–Crippen LogP) is 2.75. The van der Waals surface area contributed by atoms with E-state index in [0.717, 1.165) is 0 Å². The number of rotatable bonds is 6. The van der Waals surface area contributed by atoms with Crippen LogP contribution in [-0.4, -0.2) is 46.8 Å². The monoisotopic (exact) mass is 417 g/mol. The zero-order valence-electron chi connectivity index (χ0n) is 15.6. The third kappa shape index (κ3) is 4.77. The van der Waals surface area contributed by atoms with Crippen LogP contribution in [0.1, 0.15) is 28.1 Å². The Morgan fingerprint density at radius 3 is 2.83 bits per heavy atom. The van der Waals surface area contributed by atoms with E-state index in [1.54, 1.807) is 30.5 Å². The van der Waals surface area contributed by atoms with E-state index in [2.05, 4.69) is 5.32 Å². The van der Waals surface area contributed by atoms with Crippen molar-refractivity contribution < 1.29 is 24.0 Å². The van der Waals surface area contributed by atoms with Crippen molar-refractivity contribution in [3.8, 4) is 0 Å². The molecule has 1 saturated heterocycles. The molecule has 2 aromatic rings. The quantitative estimate of drug-likeness (QED) is 0.439. The Hall–Kier alpha value is -3.27. The third-order valence-corrected chi connectivity index (χ3v) is 5.35. The number of nitro benzene ring substituents is 1. The summed E-state index contributed by atoms with van der Waals surface area (Å²) in [4.78, 5) is 49.5. The molecule has 1 N–H and O–H groups in total. The molecule has 152 valence electrons. The van der Waals surface area contributed by atoms with E-state index in [1.807, 2.05) is 0 Å². The molecule has 1 unspecified atom stereocenters. The summed E-state index contributed by atoms with van der Waals surface area (Å²) in [5.74, 6) is -1.60. The lowest BCUT2D eigenvalue weighted by molar-refractivity contribution is -0.384. The Balaban J connectivity index is 1.58. The van der Waals surface area contributed by atoms with Crippen molar-refractivity contribution in [3.63, 3.8) is 0 Å². The van der Waals surface area contributed by atoms with Crippen LogP contribution >= 0.6 is 11.3 Å². The second kappa shape index (κ2) is 8.82. The highest BCUT2D eigenvalue weighted by Gasteiger charge is 2.36. The van der Waals surface area contributed by atoms with E-state index in [-0.39, 0.29) is 17.3 Å². The van der Waals surface area contributed by atoms with Crippen molar-refractivity contribution in [2.45, 2.75) is 25.8 Å². The lowest BCUT2D eigenvalue weighted by atomic mass is 10.2. The van der Waals surface area contributed by atoms with Gasteiger partial charge in [0, 0.05) is 12.6 Å². The molecule has 1 aliphatic rings. The smallest absolute Gasteiger partial charge is 0.329 e. The van der Waals surface area contributed by atoms with Crippen LogP contribution in [0.3, 0.4) is 0 Å². The molecule has 9 nitrogen and oxygen atoms in total. The molecule has 2 heterocycles. The highest BCUT2D eigenvalue weighted by atomic mass is 32.1. The van der Waals surface area contributed by atoms with Crippen LogP contribution in [0.25, 0.3) is 0 Å². The highest BCUT2D eigenvalue weighted by Crippen LogP contribution is 2.26. The fraction of sp³-hybridized carbons (Fsp3) is 0.316. The number of amides is 2.